The summed E-state index contributed by atoms with van der Waals surface area (Å²) in [5.41, 5.74) is 1.22. The van der Waals surface area contributed by atoms with E-state index >= 15 is 0 Å². The van der Waals surface area contributed by atoms with E-state index in [2.05, 4.69) is 12.1 Å². The molecule has 0 radical (unpaired) electrons. The molecule has 0 aromatic heterocycles. The highest BCUT2D eigenvalue weighted by atomic mass is 32.2. The van der Waals surface area contributed by atoms with Crippen LogP contribution in [0.25, 0.3) is 0 Å². The fourth-order valence-corrected chi connectivity index (χ4v) is 4.60. The second-order valence-electron chi connectivity index (χ2n) is 4.42. The Morgan fingerprint density at radius 1 is 1.44 bits per heavy atom. The largest absolute Gasteiger partial charge is 0.376 e. The first-order chi connectivity index (χ1) is 8.74. The Kier molecular flexibility index (Phi) is 5.60. The first kappa shape index (κ1) is 14.0. The zero-order valence-electron chi connectivity index (χ0n) is 10.5. The van der Waals surface area contributed by atoms with Gasteiger partial charge in [-0.25, -0.2) is 0 Å². The van der Waals surface area contributed by atoms with Crippen molar-refractivity contribution in [2.45, 2.75) is 30.5 Å². The molecule has 0 aliphatic carbocycles. The molecule has 2 atom stereocenters. The van der Waals surface area contributed by atoms with Crippen molar-refractivity contribution in [3.63, 3.8) is 0 Å². The Balaban J connectivity index is 1.65. The number of ether oxygens (including phenoxy) is 1. The lowest BCUT2D eigenvalue weighted by Crippen LogP contribution is -2.11. The molecule has 2 nitrogen and oxygen atoms in total. The third-order valence-corrected chi connectivity index (χ3v) is 5.42. The number of rotatable bonds is 5. The van der Waals surface area contributed by atoms with Crippen LogP contribution in [0.3, 0.4) is 0 Å². The van der Waals surface area contributed by atoms with Gasteiger partial charge in [0.25, 0.3) is 0 Å². The minimum Gasteiger partial charge on any atom is -0.376 e. The minimum atomic E-state index is 0.228. The van der Waals surface area contributed by atoms with Gasteiger partial charge in [-0.2, -0.15) is 11.8 Å². The van der Waals surface area contributed by atoms with Gasteiger partial charge in [0.2, 0.25) is 0 Å². The van der Waals surface area contributed by atoms with Gasteiger partial charge in [-0.3, -0.25) is 4.79 Å². The summed E-state index contributed by atoms with van der Waals surface area (Å²) in [6.07, 6.45) is 1.09. The van der Waals surface area contributed by atoms with E-state index in [1.165, 1.54) is 17.3 Å². The average Bonchev–Trinajstić information content (AvgIpc) is 2.77. The summed E-state index contributed by atoms with van der Waals surface area (Å²) in [7, 11) is 0. The Morgan fingerprint density at radius 2 is 2.22 bits per heavy atom. The molecule has 0 amide bonds. The van der Waals surface area contributed by atoms with Gasteiger partial charge in [0.1, 0.15) is 0 Å². The molecule has 4 heteroatoms. The lowest BCUT2D eigenvalue weighted by molar-refractivity contribution is -0.109. The van der Waals surface area contributed by atoms with Crippen molar-refractivity contribution in [3.05, 3.63) is 35.9 Å². The molecule has 2 rings (SSSR count). The van der Waals surface area contributed by atoms with Crippen molar-refractivity contribution >= 4 is 28.6 Å². The number of carbonyl (C=O) groups is 1. The third kappa shape index (κ3) is 4.67. The lowest BCUT2D eigenvalue weighted by Gasteiger charge is -2.10. The summed E-state index contributed by atoms with van der Waals surface area (Å²) in [5.74, 6) is 1.07. The quantitative estimate of drug-likeness (QED) is 0.827. The molecule has 1 aromatic rings. The Labute approximate surface area is 117 Å². The molecule has 0 spiro atoms. The van der Waals surface area contributed by atoms with Gasteiger partial charge in [0, 0.05) is 23.2 Å². The van der Waals surface area contributed by atoms with E-state index in [-0.39, 0.29) is 5.12 Å². The van der Waals surface area contributed by atoms with Gasteiger partial charge in [-0.05, 0) is 12.0 Å². The van der Waals surface area contributed by atoms with Crippen LogP contribution in [0.15, 0.2) is 30.3 Å². The molecule has 0 bridgehead atoms. The van der Waals surface area contributed by atoms with Crippen molar-refractivity contribution in [3.8, 4) is 0 Å². The fraction of sp³-hybridized carbons (Fsp3) is 0.500. The molecule has 2 unspecified atom stereocenters. The van der Waals surface area contributed by atoms with Gasteiger partial charge in [-0.15, -0.1) is 0 Å². The molecule has 1 aliphatic heterocycles. The van der Waals surface area contributed by atoms with Crippen molar-refractivity contribution < 1.29 is 9.53 Å². The highest BCUT2D eigenvalue weighted by molar-refractivity contribution is 8.15. The van der Waals surface area contributed by atoms with Crippen molar-refractivity contribution in [1.29, 1.82) is 0 Å². The van der Waals surface area contributed by atoms with Crippen LogP contribution in [-0.2, 0) is 16.1 Å². The number of carbonyl (C=O) groups excluding carboxylic acids is 1. The first-order valence-corrected chi connectivity index (χ1v) is 8.07. The average molecular weight is 282 g/mol. The second kappa shape index (κ2) is 7.22. The second-order valence-corrected chi connectivity index (χ2v) is 7.23. The zero-order valence-corrected chi connectivity index (χ0v) is 12.1. The van der Waals surface area contributed by atoms with Crippen LogP contribution >= 0.6 is 23.5 Å². The topological polar surface area (TPSA) is 26.3 Å². The fourth-order valence-electron chi connectivity index (χ4n) is 1.99. The van der Waals surface area contributed by atoms with Crippen molar-refractivity contribution in [2.75, 3.05) is 12.4 Å². The Morgan fingerprint density at radius 3 is 2.94 bits per heavy atom. The number of thioether (sulfide) groups is 2. The minimum absolute atomic E-state index is 0.228. The highest BCUT2D eigenvalue weighted by Crippen LogP contribution is 2.34. The summed E-state index contributed by atoms with van der Waals surface area (Å²) in [6.45, 7) is 3.12. The molecule has 1 aliphatic rings. The standard InChI is InChI=1S/C14H18O2S2/c1-11(15)18-14-7-13(17-10-14)9-16-8-12-5-3-2-4-6-12/h2-6,13-14H,7-10H2,1H3. The van der Waals surface area contributed by atoms with Gasteiger partial charge in [0.05, 0.1) is 13.2 Å². The van der Waals surface area contributed by atoms with Crippen LogP contribution < -0.4 is 0 Å². The summed E-state index contributed by atoms with van der Waals surface area (Å²) >= 11 is 3.41. The van der Waals surface area contributed by atoms with Crippen LogP contribution in [0, 0.1) is 0 Å². The predicted octanol–water partition coefficient (Wildman–Crippen LogP) is 3.36. The van der Waals surface area contributed by atoms with E-state index in [0.29, 0.717) is 17.1 Å². The highest BCUT2D eigenvalue weighted by Gasteiger charge is 2.26. The normalized spacial score (nSPS) is 23.2. The molecule has 0 saturated carbocycles. The van der Waals surface area contributed by atoms with E-state index < -0.39 is 0 Å². The van der Waals surface area contributed by atoms with Crippen LogP contribution in [-0.4, -0.2) is 28.0 Å². The summed E-state index contributed by atoms with van der Waals surface area (Å²) in [6, 6.07) is 10.2. The summed E-state index contributed by atoms with van der Waals surface area (Å²) in [4.78, 5) is 11.0. The van der Waals surface area contributed by atoms with Gasteiger partial charge >= 0.3 is 0 Å². The number of hydrogen-bond donors (Lipinski definition) is 0. The van der Waals surface area contributed by atoms with E-state index in [0.717, 1.165) is 18.8 Å². The van der Waals surface area contributed by atoms with Gasteiger partial charge in [-0.1, -0.05) is 42.1 Å². The number of benzene rings is 1. The monoisotopic (exact) mass is 282 g/mol. The Hall–Kier alpha value is -0.450. The summed E-state index contributed by atoms with van der Waals surface area (Å²) in [5, 5.41) is 1.26. The van der Waals surface area contributed by atoms with Crippen LogP contribution in [0.2, 0.25) is 0 Å². The van der Waals surface area contributed by atoms with Crippen molar-refractivity contribution in [2.24, 2.45) is 0 Å². The Bertz CT molecular complexity index is 381. The van der Waals surface area contributed by atoms with E-state index in [4.69, 9.17) is 4.74 Å². The zero-order chi connectivity index (χ0) is 12.8. The molecule has 1 aromatic carbocycles. The maximum atomic E-state index is 11.0. The maximum Gasteiger partial charge on any atom is 0.186 e. The van der Waals surface area contributed by atoms with E-state index in [1.54, 1.807) is 6.92 Å². The molecule has 18 heavy (non-hydrogen) atoms. The molecule has 1 fully saturated rings. The van der Waals surface area contributed by atoms with Gasteiger partial charge < -0.3 is 4.74 Å². The first-order valence-electron chi connectivity index (χ1n) is 6.14. The summed E-state index contributed by atoms with van der Waals surface area (Å²) < 4.78 is 5.74. The van der Waals surface area contributed by atoms with Crippen LogP contribution in [0.5, 0.6) is 0 Å². The molecule has 0 N–H and O–H groups in total. The molecule has 1 saturated heterocycles. The smallest absolute Gasteiger partial charge is 0.186 e. The SMILES string of the molecule is CC(=O)SC1CSC(COCc2ccccc2)C1. The molecule has 98 valence electrons. The molecular formula is C14H18O2S2. The van der Waals surface area contributed by atoms with E-state index in [1.807, 2.05) is 30.0 Å². The molecule has 1 heterocycles. The number of hydrogen-bond acceptors (Lipinski definition) is 4. The van der Waals surface area contributed by atoms with Crippen LogP contribution in [0.4, 0.5) is 0 Å². The van der Waals surface area contributed by atoms with E-state index in [9.17, 15) is 4.79 Å². The predicted molar refractivity (Wildman–Crippen MR) is 79.0 cm³/mol. The van der Waals surface area contributed by atoms with Crippen LogP contribution in [0.1, 0.15) is 18.9 Å². The third-order valence-electron chi connectivity index (χ3n) is 2.79. The van der Waals surface area contributed by atoms with Gasteiger partial charge in [0.15, 0.2) is 5.12 Å². The lowest BCUT2D eigenvalue weighted by atomic mass is 10.2. The maximum absolute atomic E-state index is 11.0. The van der Waals surface area contributed by atoms with Crippen molar-refractivity contribution in [1.82, 2.24) is 0 Å². The molecular weight excluding hydrogens is 264 g/mol.